The lowest BCUT2D eigenvalue weighted by molar-refractivity contribution is 0.0696. The van der Waals surface area contributed by atoms with E-state index >= 15 is 0 Å². The molecule has 0 radical (unpaired) electrons. The Morgan fingerprint density at radius 3 is 2.63 bits per heavy atom. The zero-order valence-corrected chi connectivity index (χ0v) is 11.2. The van der Waals surface area contributed by atoms with Crippen molar-refractivity contribution < 1.29 is 14.6 Å². The van der Waals surface area contributed by atoms with Gasteiger partial charge in [0.15, 0.2) is 0 Å². The molecule has 0 unspecified atom stereocenters. The van der Waals surface area contributed by atoms with Crippen LogP contribution in [0.1, 0.15) is 27.3 Å². The number of carboxylic acids is 1. The Kier molecular flexibility index (Phi) is 3.55. The number of hydrogen-bond donors (Lipinski definition) is 1. The van der Waals surface area contributed by atoms with E-state index in [1.807, 2.05) is 24.5 Å². The summed E-state index contributed by atoms with van der Waals surface area (Å²) >= 11 is 0. The Labute approximate surface area is 111 Å². The maximum absolute atomic E-state index is 11.1. The average molecular weight is 260 g/mol. The van der Waals surface area contributed by atoms with Gasteiger partial charge in [-0.3, -0.25) is 0 Å². The molecule has 100 valence electrons. The van der Waals surface area contributed by atoms with Crippen LogP contribution in [0, 0.1) is 13.8 Å². The number of carboxylic acid groups (broad SMARTS) is 1. The molecule has 0 aliphatic carbocycles. The van der Waals surface area contributed by atoms with Crippen LogP contribution < -0.4 is 4.74 Å². The van der Waals surface area contributed by atoms with Gasteiger partial charge in [0, 0.05) is 30.2 Å². The fourth-order valence-electron chi connectivity index (χ4n) is 2.07. The fourth-order valence-corrected chi connectivity index (χ4v) is 2.07. The quantitative estimate of drug-likeness (QED) is 0.915. The average Bonchev–Trinajstić information content (AvgIpc) is 2.68. The van der Waals surface area contributed by atoms with Crippen LogP contribution in [0.5, 0.6) is 5.88 Å². The molecule has 0 saturated heterocycles. The van der Waals surface area contributed by atoms with Crippen molar-refractivity contribution in [3.8, 4) is 5.88 Å². The lowest BCUT2D eigenvalue weighted by atomic mass is 10.2. The van der Waals surface area contributed by atoms with Crippen molar-refractivity contribution in [1.29, 1.82) is 0 Å². The van der Waals surface area contributed by atoms with Crippen molar-refractivity contribution in [2.24, 2.45) is 0 Å². The van der Waals surface area contributed by atoms with Gasteiger partial charge in [0.1, 0.15) is 0 Å². The molecule has 1 N–H and O–H groups in total. The second-order valence-corrected chi connectivity index (χ2v) is 4.38. The molecule has 5 nitrogen and oxygen atoms in total. The van der Waals surface area contributed by atoms with E-state index in [4.69, 9.17) is 9.84 Å². The Morgan fingerprint density at radius 2 is 2.16 bits per heavy atom. The number of pyridine rings is 1. The monoisotopic (exact) mass is 260 g/mol. The van der Waals surface area contributed by atoms with Crippen molar-refractivity contribution in [2.75, 3.05) is 7.11 Å². The summed E-state index contributed by atoms with van der Waals surface area (Å²) in [5.74, 6) is -0.330. The summed E-state index contributed by atoms with van der Waals surface area (Å²) in [5, 5.41) is 9.10. The minimum atomic E-state index is -0.896. The second-order valence-electron chi connectivity index (χ2n) is 4.38. The van der Waals surface area contributed by atoms with Gasteiger partial charge in [-0.2, -0.15) is 0 Å². The molecule has 0 saturated carbocycles. The maximum Gasteiger partial charge on any atom is 0.337 e. The Balaban J connectivity index is 2.30. The highest BCUT2D eigenvalue weighted by molar-refractivity contribution is 5.89. The largest absolute Gasteiger partial charge is 0.481 e. The third kappa shape index (κ3) is 2.59. The van der Waals surface area contributed by atoms with Crippen molar-refractivity contribution in [3.63, 3.8) is 0 Å². The first-order chi connectivity index (χ1) is 9.02. The topological polar surface area (TPSA) is 64.3 Å². The molecule has 0 aromatic carbocycles. The first kappa shape index (κ1) is 13.1. The molecular formula is C14H16N2O3. The van der Waals surface area contributed by atoms with E-state index in [1.165, 1.54) is 0 Å². The number of hydrogen-bond acceptors (Lipinski definition) is 3. The van der Waals surface area contributed by atoms with E-state index in [1.54, 1.807) is 25.4 Å². The first-order valence-corrected chi connectivity index (χ1v) is 5.92. The molecule has 2 aromatic rings. The van der Waals surface area contributed by atoms with Crippen LogP contribution in [0.2, 0.25) is 0 Å². The maximum atomic E-state index is 11.1. The normalized spacial score (nSPS) is 10.5. The Bertz CT molecular complexity index is 600. The summed E-state index contributed by atoms with van der Waals surface area (Å²) in [7, 11) is 1.57. The van der Waals surface area contributed by atoms with Crippen LogP contribution in [0.25, 0.3) is 0 Å². The standard InChI is InChI=1S/C14H16N2O3/c1-9-6-12(14(17)18)10(2)16(9)8-11-4-5-13(19-3)15-7-11/h4-7H,8H2,1-3H3,(H,17,18). The highest BCUT2D eigenvalue weighted by atomic mass is 16.5. The molecule has 0 amide bonds. The number of aryl methyl sites for hydroxylation is 1. The van der Waals surface area contributed by atoms with Crippen molar-refractivity contribution in [1.82, 2.24) is 9.55 Å². The SMILES string of the molecule is COc1ccc(Cn2c(C)cc(C(=O)O)c2C)cn1. The van der Waals surface area contributed by atoms with Crippen LogP contribution in [-0.4, -0.2) is 27.7 Å². The number of methoxy groups -OCH3 is 1. The van der Waals surface area contributed by atoms with Gasteiger partial charge in [-0.25, -0.2) is 9.78 Å². The van der Waals surface area contributed by atoms with Gasteiger partial charge >= 0.3 is 5.97 Å². The van der Waals surface area contributed by atoms with Gasteiger partial charge in [-0.1, -0.05) is 6.07 Å². The molecule has 0 spiro atoms. The summed E-state index contributed by atoms with van der Waals surface area (Å²) in [6.45, 7) is 4.31. The van der Waals surface area contributed by atoms with Crippen molar-refractivity contribution >= 4 is 5.97 Å². The zero-order valence-electron chi connectivity index (χ0n) is 11.2. The van der Waals surface area contributed by atoms with E-state index in [2.05, 4.69) is 4.98 Å². The van der Waals surface area contributed by atoms with Gasteiger partial charge in [0.25, 0.3) is 0 Å². The fraction of sp³-hybridized carbons (Fsp3) is 0.286. The highest BCUT2D eigenvalue weighted by Crippen LogP contribution is 2.17. The highest BCUT2D eigenvalue weighted by Gasteiger charge is 2.14. The minimum Gasteiger partial charge on any atom is -0.481 e. The number of ether oxygens (including phenoxy) is 1. The van der Waals surface area contributed by atoms with Crippen LogP contribution >= 0.6 is 0 Å². The third-order valence-corrected chi connectivity index (χ3v) is 3.15. The summed E-state index contributed by atoms with van der Waals surface area (Å²) in [4.78, 5) is 15.2. The van der Waals surface area contributed by atoms with Gasteiger partial charge < -0.3 is 14.4 Å². The van der Waals surface area contributed by atoms with E-state index in [-0.39, 0.29) is 0 Å². The Morgan fingerprint density at radius 1 is 1.42 bits per heavy atom. The van der Waals surface area contributed by atoms with E-state index in [9.17, 15) is 4.79 Å². The lowest BCUT2D eigenvalue weighted by Gasteiger charge is -2.09. The predicted molar refractivity (Wildman–Crippen MR) is 70.8 cm³/mol. The molecule has 0 fully saturated rings. The number of rotatable bonds is 4. The molecule has 0 bridgehead atoms. The van der Waals surface area contributed by atoms with E-state index in [0.29, 0.717) is 18.0 Å². The molecule has 0 aliphatic heterocycles. The molecule has 19 heavy (non-hydrogen) atoms. The summed E-state index contributed by atoms with van der Waals surface area (Å²) in [5.41, 5.74) is 3.02. The van der Waals surface area contributed by atoms with Gasteiger partial charge in [-0.15, -0.1) is 0 Å². The zero-order chi connectivity index (χ0) is 14.0. The number of aromatic carboxylic acids is 1. The molecular weight excluding hydrogens is 244 g/mol. The van der Waals surface area contributed by atoms with E-state index < -0.39 is 5.97 Å². The second kappa shape index (κ2) is 5.14. The molecule has 2 rings (SSSR count). The molecule has 0 atom stereocenters. The van der Waals surface area contributed by atoms with Gasteiger partial charge in [-0.05, 0) is 25.5 Å². The summed E-state index contributed by atoms with van der Waals surface area (Å²) in [6.07, 6.45) is 1.73. The number of carbonyl (C=O) groups is 1. The molecule has 0 aliphatic rings. The lowest BCUT2D eigenvalue weighted by Crippen LogP contribution is -2.06. The Hall–Kier alpha value is -2.30. The molecule has 2 aromatic heterocycles. The van der Waals surface area contributed by atoms with Gasteiger partial charge in [0.05, 0.1) is 12.7 Å². The van der Waals surface area contributed by atoms with Gasteiger partial charge in [0.2, 0.25) is 5.88 Å². The number of nitrogens with zero attached hydrogens (tertiary/aromatic N) is 2. The third-order valence-electron chi connectivity index (χ3n) is 3.15. The summed E-state index contributed by atoms with van der Waals surface area (Å²) < 4.78 is 6.97. The van der Waals surface area contributed by atoms with E-state index in [0.717, 1.165) is 17.0 Å². The van der Waals surface area contributed by atoms with Crippen LogP contribution in [0.4, 0.5) is 0 Å². The first-order valence-electron chi connectivity index (χ1n) is 5.92. The minimum absolute atomic E-state index is 0.346. The summed E-state index contributed by atoms with van der Waals surface area (Å²) in [6, 6.07) is 5.40. The molecule has 2 heterocycles. The molecule has 5 heteroatoms. The smallest absolute Gasteiger partial charge is 0.337 e. The van der Waals surface area contributed by atoms with Crippen LogP contribution in [0.3, 0.4) is 0 Å². The van der Waals surface area contributed by atoms with Crippen LogP contribution in [0.15, 0.2) is 24.4 Å². The van der Waals surface area contributed by atoms with Crippen molar-refractivity contribution in [3.05, 3.63) is 46.9 Å². The predicted octanol–water partition coefficient (Wildman–Crippen LogP) is 2.26. The van der Waals surface area contributed by atoms with Crippen molar-refractivity contribution in [2.45, 2.75) is 20.4 Å². The van der Waals surface area contributed by atoms with Crippen LogP contribution in [-0.2, 0) is 6.54 Å². The number of aromatic nitrogens is 2.